The van der Waals surface area contributed by atoms with Crippen molar-refractivity contribution in [2.75, 3.05) is 4.90 Å². The first-order valence-electron chi connectivity index (χ1n) is 49.3. The molecule has 22 aromatic rings. The molecule has 4 aliphatic rings. The van der Waals surface area contributed by atoms with Gasteiger partial charge in [-0.25, -0.2) is 29.9 Å². The maximum absolute atomic E-state index is 5.21. The molecule has 140 heavy (non-hydrogen) atoms. The van der Waals surface area contributed by atoms with Crippen LogP contribution >= 0.6 is 0 Å². The Morgan fingerprint density at radius 2 is 0.500 bits per heavy atom. The SMILES string of the molecule is CC1(C)c2ccccc2-c2cc3c(cc2C1(C)C)cc(-c1nc(-c2ccccc2)nc(-c2ccc4ccccc4c2)n1)c1ccccc13.CC1(C)c2ccccc2-c2ccc(N(c3ccccc3)c3ccc4c(ccc5c6c(ccc54)-c4ccccc4C(C)(C)C6(C)C)c3)cc21.CC1(C)c2ccccc2-c2ccc3c(ccc4cc(-c5nc(-c6ccccc6)nc(-c6ccccc6)n5)ccc43)c2C1(C)C. The van der Waals surface area contributed by atoms with Gasteiger partial charge in [-0.2, -0.15) is 0 Å². The van der Waals surface area contributed by atoms with Crippen molar-refractivity contribution in [1.29, 1.82) is 0 Å². The monoisotopic (exact) mass is 1800 g/mol. The minimum absolute atomic E-state index is 0.00826. The summed E-state index contributed by atoms with van der Waals surface area (Å²) in [6, 6.07) is 147. The Morgan fingerprint density at radius 1 is 0.157 bits per heavy atom. The van der Waals surface area contributed by atoms with Crippen LogP contribution in [0, 0.1) is 0 Å². The summed E-state index contributed by atoms with van der Waals surface area (Å²) < 4.78 is 0. The molecule has 0 bridgehead atoms. The van der Waals surface area contributed by atoms with Crippen molar-refractivity contribution in [1.82, 2.24) is 29.9 Å². The number of nitrogens with zero attached hydrogens (tertiary/aromatic N) is 7. The van der Waals surface area contributed by atoms with Crippen LogP contribution in [0.1, 0.15) is 141 Å². The van der Waals surface area contributed by atoms with Crippen molar-refractivity contribution < 1.29 is 0 Å². The molecule has 0 saturated carbocycles. The van der Waals surface area contributed by atoms with Gasteiger partial charge in [0.25, 0.3) is 0 Å². The number of hydrogen-bond acceptors (Lipinski definition) is 7. The summed E-state index contributed by atoms with van der Waals surface area (Å²) >= 11 is 0. The molecule has 2 heterocycles. The van der Waals surface area contributed by atoms with E-state index in [4.69, 9.17) is 29.9 Å². The van der Waals surface area contributed by atoms with Gasteiger partial charge in [-0.3, -0.25) is 0 Å². The summed E-state index contributed by atoms with van der Waals surface area (Å²) in [5.74, 6) is 4.02. The number of benzene rings is 20. The fraction of sp³-hybridized carbons (Fsp3) is 0.158. The summed E-state index contributed by atoms with van der Waals surface area (Å²) in [4.78, 5) is 32.6. The van der Waals surface area contributed by atoms with E-state index < -0.39 is 0 Å². The Morgan fingerprint density at radius 3 is 1.03 bits per heavy atom. The average molecular weight is 1810 g/mol. The highest BCUT2D eigenvalue weighted by Crippen LogP contribution is 2.61. The Balaban J connectivity index is 0.000000114. The third-order valence-corrected chi connectivity index (χ3v) is 33.3. The van der Waals surface area contributed by atoms with E-state index in [0.717, 1.165) is 55.5 Å². The molecule has 26 rings (SSSR count). The number of rotatable bonds is 9. The van der Waals surface area contributed by atoms with Crippen molar-refractivity contribution in [3.63, 3.8) is 0 Å². The summed E-state index contributed by atoms with van der Waals surface area (Å²) in [7, 11) is 0. The maximum atomic E-state index is 5.21. The van der Waals surface area contributed by atoms with Crippen molar-refractivity contribution in [3.8, 4) is 113 Å². The number of hydrogen-bond donors (Lipinski definition) is 0. The molecular formula is C133H109N7. The van der Waals surface area contributed by atoms with Crippen LogP contribution in [0.15, 0.2) is 406 Å². The van der Waals surface area contributed by atoms with Gasteiger partial charge >= 0.3 is 0 Å². The third kappa shape index (κ3) is 13.7. The highest BCUT2D eigenvalue weighted by molar-refractivity contribution is 6.16. The van der Waals surface area contributed by atoms with Crippen molar-refractivity contribution in [3.05, 3.63) is 451 Å². The topological polar surface area (TPSA) is 80.6 Å². The Kier molecular flexibility index (Phi) is 20.2. The standard InChI is InChI=1S/C47H41N.C45H35N3.C41H33N3/c1-45(2)41-18-12-10-16-36(41)38-25-22-33(29-43(38)45)48(31-14-8-7-9-15-31)32-21-24-34-30(28-32)20-23-39-35(34)26-27-40-37-17-11-13-19-42(37)46(3,4)47(5,6)44(39)40;1-44(2)39-21-13-12-20-35(39)37-27-36-32(26-40(37)45(44,3)4)25-38(34-19-11-10-18-33(34)36)43-47-41(29-15-6-5-7-16-29)46-42(48-43)31-23-22-28-14-8-9-17-30(28)24-31;1-40(2)35-18-12-11-17-32(35)34-24-23-31-30-21-20-29(25-28(30)19-22-33(31)36(34)41(40,3)4)39-43-37(26-13-7-5-8-14-26)42-38(44-39)27-15-9-6-10-16-27/h7-29H,1-6H3;5-27H,1-4H3;5-25H,1-4H3. The first-order chi connectivity index (χ1) is 67.7. The smallest absolute Gasteiger partial charge is 0.164 e. The lowest BCUT2D eigenvalue weighted by Gasteiger charge is -2.48. The van der Waals surface area contributed by atoms with Gasteiger partial charge in [0, 0.05) is 66.7 Å². The number of anilines is 3. The van der Waals surface area contributed by atoms with E-state index in [1.807, 2.05) is 78.9 Å². The van der Waals surface area contributed by atoms with Gasteiger partial charge in [0.05, 0.1) is 0 Å². The zero-order valence-corrected chi connectivity index (χ0v) is 81.8. The van der Waals surface area contributed by atoms with Gasteiger partial charge in [-0.15, -0.1) is 0 Å². The molecule has 0 spiro atoms. The molecule has 0 unspecified atom stereocenters. The Labute approximate surface area is 820 Å². The lowest BCUT2D eigenvalue weighted by atomic mass is 9.55. The van der Waals surface area contributed by atoms with Crippen LogP contribution in [0.5, 0.6) is 0 Å². The molecule has 7 nitrogen and oxygen atoms in total. The van der Waals surface area contributed by atoms with Crippen LogP contribution in [-0.2, 0) is 37.9 Å². The third-order valence-electron chi connectivity index (χ3n) is 33.3. The molecule has 0 radical (unpaired) electrons. The van der Waals surface area contributed by atoms with Gasteiger partial charge in [0.2, 0.25) is 0 Å². The molecule has 0 aliphatic heterocycles. The quantitative estimate of drug-likeness (QED) is 0.133. The fourth-order valence-electron chi connectivity index (χ4n) is 23.7. The van der Waals surface area contributed by atoms with Crippen molar-refractivity contribution in [2.45, 2.75) is 135 Å². The molecular weight excluding hydrogens is 1700 g/mol. The zero-order valence-electron chi connectivity index (χ0n) is 81.8. The van der Waals surface area contributed by atoms with Crippen molar-refractivity contribution in [2.24, 2.45) is 0 Å². The number of aromatic nitrogens is 6. The van der Waals surface area contributed by atoms with Gasteiger partial charge in [-0.1, -0.05) is 437 Å². The van der Waals surface area contributed by atoms with E-state index in [9.17, 15) is 0 Å². The fourth-order valence-corrected chi connectivity index (χ4v) is 23.7. The second kappa shape index (κ2) is 32.6. The molecule has 20 aromatic carbocycles. The number of para-hydroxylation sites is 1. The van der Waals surface area contributed by atoms with Gasteiger partial charge in [0.1, 0.15) is 0 Å². The highest BCUT2D eigenvalue weighted by Gasteiger charge is 2.50. The van der Waals surface area contributed by atoms with Crippen LogP contribution in [-0.4, -0.2) is 29.9 Å². The Hall–Kier alpha value is -16.0. The molecule has 0 N–H and O–H groups in total. The van der Waals surface area contributed by atoms with Gasteiger partial charge in [-0.05, 0) is 253 Å². The molecule has 0 atom stereocenters. The lowest BCUT2D eigenvalue weighted by molar-refractivity contribution is 0.299. The van der Waals surface area contributed by atoms with E-state index >= 15 is 0 Å². The molecule has 4 aliphatic carbocycles. The van der Waals surface area contributed by atoms with Crippen LogP contribution in [0.3, 0.4) is 0 Å². The zero-order chi connectivity index (χ0) is 95.7. The van der Waals surface area contributed by atoms with Crippen molar-refractivity contribution >= 4 is 92.5 Å². The van der Waals surface area contributed by atoms with Crippen LogP contribution in [0.2, 0.25) is 0 Å². The summed E-state index contributed by atoms with van der Waals surface area (Å²) in [6.07, 6.45) is 0. The first-order valence-corrected chi connectivity index (χ1v) is 49.3. The second-order valence-electron chi connectivity index (χ2n) is 42.5. The predicted octanol–water partition coefficient (Wildman–Crippen LogP) is 35.0. The van der Waals surface area contributed by atoms with Crippen LogP contribution < -0.4 is 4.90 Å². The Bertz CT molecular complexity index is 8770. The lowest BCUT2D eigenvalue weighted by Crippen LogP contribution is -2.43. The van der Waals surface area contributed by atoms with Crippen LogP contribution in [0.25, 0.3) is 188 Å². The van der Waals surface area contributed by atoms with Gasteiger partial charge < -0.3 is 4.90 Å². The molecule has 2 aromatic heterocycles. The minimum Gasteiger partial charge on any atom is -0.310 e. The molecule has 0 saturated heterocycles. The first kappa shape index (κ1) is 86.9. The van der Waals surface area contributed by atoms with E-state index in [1.165, 1.54) is 159 Å². The second-order valence-corrected chi connectivity index (χ2v) is 42.5. The van der Waals surface area contributed by atoms with E-state index in [2.05, 4.69) is 429 Å². The summed E-state index contributed by atoms with van der Waals surface area (Å²) in [6.45, 7) is 33.6. The predicted molar refractivity (Wildman–Crippen MR) is 588 cm³/mol. The molecule has 7 heteroatoms. The number of fused-ring (bicyclic) bond motifs is 24. The summed E-state index contributed by atoms with van der Waals surface area (Å²) in [5, 5.41) is 17.4. The normalized spacial score (nSPS) is 15.2. The molecule has 0 fully saturated rings. The average Bonchev–Trinajstić information content (AvgIpc) is 1.06. The van der Waals surface area contributed by atoms with E-state index in [1.54, 1.807) is 0 Å². The van der Waals surface area contributed by atoms with Gasteiger partial charge in [0.15, 0.2) is 34.9 Å². The molecule has 676 valence electrons. The van der Waals surface area contributed by atoms with E-state index in [-0.39, 0.29) is 37.9 Å². The largest absolute Gasteiger partial charge is 0.310 e. The summed E-state index contributed by atoms with van der Waals surface area (Å²) in [5.41, 5.74) is 31.1. The minimum atomic E-state index is -0.0897. The maximum Gasteiger partial charge on any atom is 0.164 e. The molecule has 0 amide bonds. The highest BCUT2D eigenvalue weighted by atomic mass is 15.1. The van der Waals surface area contributed by atoms with Crippen LogP contribution in [0.4, 0.5) is 17.1 Å². The van der Waals surface area contributed by atoms with E-state index in [0.29, 0.717) is 34.9 Å².